The van der Waals surface area contributed by atoms with E-state index < -0.39 is 11.2 Å². The molecule has 0 aromatic carbocycles. The van der Waals surface area contributed by atoms with Crippen LogP contribution in [0.2, 0.25) is 0 Å². The van der Waals surface area contributed by atoms with Crippen LogP contribution in [-0.2, 0) is 9.53 Å². The molecule has 1 aliphatic heterocycles. The number of rotatable bonds is 0. The molecule has 5 atom stereocenters. The molecule has 2 N–H and O–H groups in total. The molecule has 19 heavy (non-hydrogen) atoms. The maximum Gasteiger partial charge on any atom is 0.334 e. The molecule has 2 fully saturated rings. The van der Waals surface area contributed by atoms with Crippen LogP contribution in [0, 0.1) is 11.8 Å². The predicted octanol–water partition coefficient (Wildman–Crippen LogP) is 1.33. The topological polar surface area (TPSA) is 66.8 Å². The monoisotopic (exact) mass is 264 g/mol. The van der Waals surface area contributed by atoms with Crippen molar-refractivity contribution in [3.63, 3.8) is 0 Å². The Kier molecular flexibility index (Phi) is 2.51. The highest BCUT2D eigenvalue weighted by atomic mass is 16.6. The molecule has 3 aliphatic rings. The van der Waals surface area contributed by atoms with Gasteiger partial charge in [-0.25, -0.2) is 4.79 Å². The Balaban J connectivity index is 2.02. The van der Waals surface area contributed by atoms with Gasteiger partial charge in [0, 0.05) is 23.8 Å². The molecule has 1 saturated carbocycles. The summed E-state index contributed by atoms with van der Waals surface area (Å²) >= 11 is 0. The van der Waals surface area contributed by atoms with Crippen molar-refractivity contribution in [3.05, 3.63) is 23.8 Å². The number of esters is 1. The van der Waals surface area contributed by atoms with Crippen LogP contribution in [0.4, 0.5) is 0 Å². The molecule has 0 spiro atoms. The number of hydrogen-bond donors (Lipinski definition) is 2. The highest BCUT2D eigenvalue weighted by molar-refractivity contribution is 5.90. The minimum atomic E-state index is -1.03. The molecular formula is C15H20O4. The first-order valence-electron chi connectivity index (χ1n) is 6.77. The lowest BCUT2D eigenvalue weighted by Crippen LogP contribution is -2.37. The van der Waals surface area contributed by atoms with Crippen LogP contribution in [-0.4, -0.2) is 33.5 Å². The zero-order valence-corrected chi connectivity index (χ0v) is 11.3. The lowest BCUT2D eigenvalue weighted by Gasteiger charge is -2.33. The van der Waals surface area contributed by atoms with Crippen molar-refractivity contribution in [1.29, 1.82) is 0 Å². The maximum atomic E-state index is 11.6. The number of ether oxygens (including phenoxy) is 1. The van der Waals surface area contributed by atoms with E-state index in [1.807, 2.05) is 6.08 Å². The van der Waals surface area contributed by atoms with Crippen LogP contribution < -0.4 is 0 Å². The zero-order valence-electron chi connectivity index (χ0n) is 11.3. The first-order chi connectivity index (χ1) is 8.72. The summed E-state index contributed by atoms with van der Waals surface area (Å²) < 4.78 is 5.32. The smallest absolute Gasteiger partial charge is 0.334 e. The first kappa shape index (κ1) is 12.9. The van der Waals surface area contributed by atoms with E-state index in [1.54, 1.807) is 13.8 Å². The van der Waals surface area contributed by atoms with Gasteiger partial charge in [-0.1, -0.05) is 12.7 Å². The Hall–Kier alpha value is -1.13. The van der Waals surface area contributed by atoms with Crippen LogP contribution in [0.15, 0.2) is 23.8 Å². The van der Waals surface area contributed by atoms with E-state index in [9.17, 15) is 15.0 Å². The van der Waals surface area contributed by atoms with E-state index >= 15 is 0 Å². The Morgan fingerprint density at radius 1 is 1.42 bits per heavy atom. The fourth-order valence-corrected chi connectivity index (χ4v) is 3.82. The maximum absolute atomic E-state index is 11.6. The van der Waals surface area contributed by atoms with E-state index in [4.69, 9.17) is 4.74 Å². The molecule has 0 aromatic heterocycles. The van der Waals surface area contributed by atoms with E-state index in [1.165, 1.54) is 0 Å². The van der Waals surface area contributed by atoms with Crippen molar-refractivity contribution in [2.24, 2.45) is 11.8 Å². The third-order valence-electron chi connectivity index (χ3n) is 4.99. The summed E-state index contributed by atoms with van der Waals surface area (Å²) in [6.07, 6.45) is 3.15. The molecule has 1 heterocycles. The van der Waals surface area contributed by atoms with Crippen molar-refractivity contribution in [2.75, 3.05) is 0 Å². The van der Waals surface area contributed by atoms with Gasteiger partial charge in [0.15, 0.2) is 0 Å². The van der Waals surface area contributed by atoms with E-state index in [-0.39, 0.29) is 23.9 Å². The van der Waals surface area contributed by atoms with E-state index in [0.717, 1.165) is 5.57 Å². The molecule has 1 saturated heterocycles. The van der Waals surface area contributed by atoms with Crippen LogP contribution in [0.3, 0.4) is 0 Å². The molecule has 104 valence electrons. The lowest BCUT2D eigenvalue weighted by molar-refractivity contribution is -0.140. The Morgan fingerprint density at radius 3 is 2.79 bits per heavy atom. The second-order valence-electron chi connectivity index (χ2n) is 6.56. The molecular weight excluding hydrogens is 244 g/mol. The molecule has 2 aliphatic carbocycles. The lowest BCUT2D eigenvalue weighted by atomic mass is 9.78. The molecule has 0 aromatic rings. The van der Waals surface area contributed by atoms with Crippen molar-refractivity contribution < 1.29 is 19.7 Å². The minimum Gasteiger partial charge on any atom is -0.458 e. The third kappa shape index (κ3) is 1.77. The van der Waals surface area contributed by atoms with Gasteiger partial charge in [0.25, 0.3) is 0 Å². The summed E-state index contributed by atoms with van der Waals surface area (Å²) in [7, 11) is 0. The van der Waals surface area contributed by atoms with Crippen LogP contribution in [0.5, 0.6) is 0 Å². The predicted molar refractivity (Wildman–Crippen MR) is 69.2 cm³/mol. The van der Waals surface area contributed by atoms with Gasteiger partial charge >= 0.3 is 5.97 Å². The number of hydrogen-bond acceptors (Lipinski definition) is 4. The Labute approximate surface area is 112 Å². The quantitative estimate of drug-likeness (QED) is 0.393. The largest absolute Gasteiger partial charge is 0.458 e. The molecule has 0 amide bonds. The van der Waals surface area contributed by atoms with Gasteiger partial charge in [0.05, 0.1) is 11.2 Å². The van der Waals surface area contributed by atoms with Crippen molar-refractivity contribution >= 4 is 5.97 Å². The summed E-state index contributed by atoms with van der Waals surface area (Å²) in [6.45, 7) is 7.34. The van der Waals surface area contributed by atoms with Crippen molar-refractivity contribution in [3.8, 4) is 0 Å². The Morgan fingerprint density at radius 2 is 2.11 bits per heavy atom. The van der Waals surface area contributed by atoms with Gasteiger partial charge in [-0.15, -0.1) is 0 Å². The van der Waals surface area contributed by atoms with Crippen LogP contribution in [0.1, 0.15) is 33.1 Å². The highest BCUT2D eigenvalue weighted by Crippen LogP contribution is 2.51. The van der Waals surface area contributed by atoms with Gasteiger partial charge < -0.3 is 14.9 Å². The first-order valence-corrected chi connectivity index (χ1v) is 6.77. The number of carbonyl (C=O) groups is 1. The van der Waals surface area contributed by atoms with Crippen LogP contribution >= 0.6 is 0 Å². The summed E-state index contributed by atoms with van der Waals surface area (Å²) in [5.41, 5.74) is -0.532. The van der Waals surface area contributed by atoms with Gasteiger partial charge in [-0.2, -0.15) is 0 Å². The molecule has 0 radical (unpaired) electrons. The average molecular weight is 264 g/mol. The zero-order chi connectivity index (χ0) is 14.0. The van der Waals surface area contributed by atoms with E-state index in [0.29, 0.717) is 24.8 Å². The average Bonchev–Trinajstić information content (AvgIpc) is 2.66. The molecule has 3 rings (SSSR count). The number of aliphatic hydroxyl groups is 2. The summed E-state index contributed by atoms with van der Waals surface area (Å²) in [5, 5.41) is 21.2. The fraction of sp³-hybridized carbons (Fsp3) is 0.667. The normalized spacial score (nSPS) is 49.3. The second-order valence-corrected chi connectivity index (χ2v) is 6.56. The SMILES string of the molecule is C=C1C(=O)O[C@@H]2C[C@@](C)(O)C3=CC[C@@](C)(O)[C@H]3C[C@@H]12. The summed E-state index contributed by atoms with van der Waals surface area (Å²) in [5.74, 6) is -0.598. The number of carbonyl (C=O) groups excluding carboxylic acids is 1. The van der Waals surface area contributed by atoms with Gasteiger partial charge in [-0.3, -0.25) is 0 Å². The third-order valence-corrected chi connectivity index (χ3v) is 4.99. The minimum absolute atomic E-state index is 0.0977. The standard InChI is InChI=1S/C15H20O4/c1-8-9-6-11-10(4-5-14(11,2)17)15(3,18)7-12(9)19-13(8)16/h4,9,11-12,17-18H,1,5-7H2,2-3H3/t9-,11-,12+,14+,15+/m0/s1. The molecule has 4 nitrogen and oxygen atoms in total. The molecule has 0 bridgehead atoms. The second kappa shape index (κ2) is 3.70. The highest BCUT2D eigenvalue weighted by Gasteiger charge is 2.54. The van der Waals surface area contributed by atoms with Gasteiger partial charge in [0.2, 0.25) is 0 Å². The molecule has 0 unspecified atom stereocenters. The van der Waals surface area contributed by atoms with Gasteiger partial charge in [0.1, 0.15) is 6.10 Å². The Bertz CT molecular complexity index is 486. The van der Waals surface area contributed by atoms with Crippen LogP contribution in [0.25, 0.3) is 0 Å². The van der Waals surface area contributed by atoms with Gasteiger partial charge in [-0.05, 0) is 32.3 Å². The molecule has 4 heteroatoms. The van der Waals surface area contributed by atoms with E-state index in [2.05, 4.69) is 6.58 Å². The fourth-order valence-electron chi connectivity index (χ4n) is 3.82. The van der Waals surface area contributed by atoms with Crippen molar-refractivity contribution in [2.45, 2.75) is 50.4 Å². The summed E-state index contributed by atoms with van der Waals surface area (Å²) in [4.78, 5) is 11.6. The number of fused-ring (bicyclic) bond motifs is 2. The van der Waals surface area contributed by atoms with Crippen molar-refractivity contribution in [1.82, 2.24) is 0 Å². The summed E-state index contributed by atoms with van der Waals surface area (Å²) in [6, 6.07) is 0.